The Labute approximate surface area is 123 Å². The van der Waals surface area contributed by atoms with Gasteiger partial charge in [0.05, 0.1) is 12.6 Å². The molecule has 0 radical (unpaired) electrons. The zero-order valence-electron chi connectivity index (χ0n) is 13.0. The van der Waals surface area contributed by atoms with Crippen molar-refractivity contribution in [2.75, 3.05) is 39.3 Å². The fourth-order valence-corrected chi connectivity index (χ4v) is 3.23. The van der Waals surface area contributed by atoms with E-state index >= 15 is 0 Å². The van der Waals surface area contributed by atoms with Crippen LogP contribution >= 0.6 is 0 Å². The van der Waals surface area contributed by atoms with Crippen LogP contribution in [0.15, 0.2) is 4.99 Å². The van der Waals surface area contributed by atoms with Gasteiger partial charge in [0, 0.05) is 25.7 Å². The Morgan fingerprint density at radius 3 is 2.75 bits per heavy atom. The van der Waals surface area contributed by atoms with Crippen molar-refractivity contribution in [3.05, 3.63) is 0 Å². The van der Waals surface area contributed by atoms with E-state index in [9.17, 15) is 5.11 Å². The summed E-state index contributed by atoms with van der Waals surface area (Å²) < 4.78 is 0. The minimum Gasteiger partial charge on any atom is -0.391 e. The molecule has 2 saturated heterocycles. The van der Waals surface area contributed by atoms with Crippen molar-refractivity contribution in [2.45, 2.75) is 51.7 Å². The van der Waals surface area contributed by atoms with Crippen LogP contribution in [0.3, 0.4) is 0 Å². The van der Waals surface area contributed by atoms with E-state index in [0.717, 1.165) is 38.6 Å². The summed E-state index contributed by atoms with van der Waals surface area (Å²) in [5.41, 5.74) is 0. The number of guanidine groups is 1. The van der Waals surface area contributed by atoms with Crippen LogP contribution in [0.4, 0.5) is 0 Å². The zero-order chi connectivity index (χ0) is 14.4. The average Bonchev–Trinajstić information content (AvgIpc) is 2.90. The second-order valence-corrected chi connectivity index (χ2v) is 5.86. The van der Waals surface area contributed by atoms with Gasteiger partial charge in [0.25, 0.3) is 0 Å². The van der Waals surface area contributed by atoms with Crippen LogP contribution in [-0.4, -0.2) is 72.3 Å². The average molecular weight is 282 g/mol. The Morgan fingerprint density at radius 1 is 1.25 bits per heavy atom. The minimum absolute atomic E-state index is 0.194. The van der Waals surface area contributed by atoms with Crippen molar-refractivity contribution in [2.24, 2.45) is 4.99 Å². The molecule has 0 aromatic carbocycles. The molecule has 2 heterocycles. The Balaban J connectivity index is 1.94. The number of nitrogens with one attached hydrogen (secondary N) is 1. The zero-order valence-corrected chi connectivity index (χ0v) is 13.0. The maximum Gasteiger partial charge on any atom is 0.194 e. The molecule has 5 nitrogen and oxygen atoms in total. The largest absolute Gasteiger partial charge is 0.391 e. The lowest BCUT2D eigenvalue weighted by Gasteiger charge is -2.34. The number of β-amino-alcohol motifs (C(OH)–C–C–N with tert-alkyl or cyclic N) is 1. The first-order chi connectivity index (χ1) is 9.74. The summed E-state index contributed by atoms with van der Waals surface area (Å²) in [6.45, 7) is 10.1. The van der Waals surface area contributed by atoms with Crippen LogP contribution in [0.2, 0.25) is 0 Å². The number of hydrogen-bond acceptors (Lipinski definition) is 3. The summed E-state index contributed by atoms with van der Waals surface area (Å²) in [5, 5.41) is 13.0. The van der Waals surface area contributed by atoms with Crippen LogP contribution in [0, 0.1) is 0 Å². The molecule has 0 saturated carbocycles. The lowest BCUT2D eigenvalue weighted by Crippen LogP contribution is -2.44. The quantitative estimate of drug-likeness (QED) is 0.594. The van der Waals surface area contributed by atoms with Gasteiger partial charge < -0.3 is 15.3 Å². The molecule has 2 N–H and O–H groups in total. The molecule has 1 unspecified atom stereocenters. The van der Waals surface area contributed by atoms with E-state index in [1.54, 1.807) is 0 Å². The van der Waals surface area contributed by atoms with Crippen LogP contribution in [0.25, 0.3) is 0 Å². The molecule has 2 rings (SSSR count). The van der Waals surface area contributed by atoms with Gasteiger partial charge in [-0.2, -0.15) is 0 Å². The van der Waals surface area contributed by atoms with Crippen molar-refractivity contribution in [3.8, 4) is 0 Å². The number of nitrogens with zero attached hydrogens (tertiary/aromatic N) is 3. The second kappa shape index (κ2) is 7.84. The van der Waals surface area contributed by atoms with Crippen molar-refractivity contribution >= 4 is 5.96 Å². The maximum atomic E-state index is 9.68. The monoisotopic (exact) mass is 282 g/mol. The summed E-state index contributed by atoms with van der Waals surface area (Å²) in [4.78, 5) is 9.57. The van der Waals surface area contributed by atoms with Gasteiger partial charge in [-0.1, -0.05) is 13.3 Å². The third kappa shape index (κ3) is 4.09. The van der Waals surface area contributed by atoms with E-state index in [-0.39, 0.29) is 6.10 Å². The highest BCUT2D eigenvalue weighted by Crippen LogP contribution is 2.17. The molecule has 2 aliphatic rings. The molecule has 2 aliphatic heterocycles. The van der Waals surface area contributed by atoms with Gasteiger partial charge in [0.1, 0.15) is 0 Å². The smallest absolute Gasteiger partial charge is 0.194 e. The van der Waals surface area contributed by atoms with E-state index in [0.29, 0.717) is 12.6 Å². The molecule has 0 spiro atoms. The van der Waals surface area contributed by atoms with Crippen molar-refractivity contribution in [3.63, 3.8) is 0 Å². The van der Waals surface area contributed by atoms with Gasteiger partial charge in [0.2, 0.25) is 0 Å². The van der Waals surface area contributed by atoms with E-state index in [1.807, 2.05) is 0 Å². The summed E-state index contributed by atoms with van der Waals surface area (Å²) in [7, 11) is 0. The van der Waals surface area contributed by atoms with Gasteiger partial charge >= 0.3 is 0 Å². The van der Waals surface area contributed by atoms with E-state index in [1.165, 1.54) is 25.8 Å². The third-order valence-electron chi connectivity index (χ3n) is 4.40. The lowest BCUT2D eigenvalue weighted by molar-refractivity contribution is 0.161. The molecule has 0 aromatic rings. The molecule has 0 aliphatic carbocycles. The molecule has 2 atom stereocenters. The Hall–Kier alpha value is -0.810. The Kier molecular flexibility index (Phi) is 6.10. The molecule has 0 bridgehead atoms. The fraction of sp³-hybridized carbons (Fsp3) is 0.933. The number of rotatable bonds is 4. The van der Waals surface area contributed by atoms with Crippen molar-refractivity contribution in [1.82, 2.24) is 15.1 Å². The first-order valence-electron chi connectivity index (χ1n) is 8.20. The molecule has 2 fully saturated rings. The summed E-state index contributed by atoms with van der Waals surface area (Å²) in [6, 6.07) is 0.593. The minimum atomic E-state index is -0.194. The molecule has 0 amide bonds. The molecule has 0 aromatic heterocycles. The summed E-state index contributed by atoms with van der Waals surface area (Å²) in [5.74, 6) is 0.977. The predicted molar refractivity (Wildman–Crippen MR) is 83.1 cm³/mol. The van der Waals surface area contributed by atoms with Gasteiger partial charge in [-0.15, -0.1) is 0 Å². The highest BCUT2D eigenvalue weighted by Gasteiger charge is 2.24. The number of aliphatic imine (C=N–C) groups is 1. The first-order valence-corrected chi connectivity index (χ1v) is 8.20. The van der Waals surface area contributed by atoms with E-state index in [4.69, 9.17) is 4.99 Å². The van der Waals surface area contributed by atoms with Crippen LogP contribution in [-0.2, 0) is 0 Å². The second-order valence-electron chi connectivity index (χ2n) is 5.86. The summed E-state index contributed by atoms with van der Waals surface area (Å²) in [6.07, 6.45) is 4.58. The van der Waals surface area contributed by atoms with Crippen molar-refractivity contribution < 1.29 is 5.11 Å². The van der Waals surface area contributed by atoms with Gasteiger partial charge in [-0.25, -0.2) is 0 Å². The normalized spacial score (nSPS) is 28.9. The Morgan fingerprint density at radius 2 is 2.10 bits per heavy atom. The standard InChI is InChI=1S/C15H30N4O/c1-3-16-15(19-10-8-14(20)12-19)17-11-13-7-5-6-9-18(13)4-2/h13-14,20H,3-12H2,1-2H3,(H,16,17)/t13?,14-/m1/s1. The highest BCUT2D eigenvalue weighted by molar-refractivity contribution is 5.80. The van der Waals surface area contributed by atoms with Gasteiger partial charge in [-0.3, -0.25) is 9.89 Å². The van der Waals surface area contributed by atoms with E-state index in [2.05, 4.69) is 29.0 Å². The molecule has 20 heavy (non-hydrogen) atoms. The molecular formula is C15H30N4O. The number of aliphatic hydroxyl groups is 1. The van der Waals surface area contributed by atoms with Crippen LogP contribution < -0.4 is 5.32 Å². The molecular weight excluding hydrogens is 252 g/mol. The number of piperidine rings is 1. The van der Waals surface area contributed by atoms with E-state index < -0.39 is 0 Å². The third-order valence-corrected chi connectivity index (χ3v) is 4.40. The van der Waals surface area contributed by atoms with Crippen LogP contribution in [0.1, 0.15) is 39.5 Å². The first kappa shape index (κ1) is 15.6. The lowest BCUT2D eigenvalue weighted by atomic mass is 10.0. The number of likely N-dealkylation sites (N-methyl/N-ethyl adjacent to an activating group) is 1. The topological polar surface area (TPSA) is 51.1 Å². The number of hydrogen-bond donors (Lipinski definition) is 2. The maximum absolute atomic E-state index is 9.68. The summed E-state index contributed by atoms with van der Waals surface area (Å²) >= 11 is 0. The molecule has 116 valence electrons. The number of aliphatic hydroxyl groups excluding tert-OH is 1. The van der Waals surface area contributed by atoms with Crippen LogP contribution in [0.5, 0.6) is 0 Å². The fourth-order valence-electron chi connectivity index (χ4n) is 3.23. The molecule has 5 heteroatoms. The SMILES string of the molecule is CCNC(=NCC1CCCCN1CC)N1CC[C@@H](O)C1. The number of likely N-dealkylation sites (tertiary alicyclic amines) is 2. The predicted octanol–water partition coefficient (Wildman–Crippen LogP) is 0.893. The van der Waals surface area contributed by atoms with Gasteiger partial charge in [0.15, 0.2) is 5.96 Å². The Bertz CT molecular complexity index is 321. The highest BCUT2D eigenvalue weighted by atomic mass is 16.3. The van der Waals surface area contributed by atoms with Crippen molar-refractivity contribution in [1.29, 1.82) is 0 Å². The van der Waals surface area contributed by atoms with Gasteiger partial charge in [-0.05, 0) is 39.3 Å².